The number of benzene rings is 2. The van der Waals surface area contributed by atoms with Gasteiger partial charge in [0.1, 0.15) is 0 Å². The summed E-state index contributed by atoms with van der Waals surface area (Å²) < 4.78 is 27.1. The van der Waals surface area contributed by atoms with Crippen LogP contribution in [0.4, 0.5) is 5.69 Å². The van der Waals surface area contributed by atoms with Crippen LogP contribution in [0.25, 0.3) is 0 Å². The number of carbonyl (C=O) groups is 1. The van der Waals surface area contributed by atoms with Crippen LogP contribution in [0, 0.1) is 6.92 Å². The molecule has 1 saturated heterocycles. The Labute approximate surface area is 199 Å². The lowest BCUT2D eigenvalue weighted by Crippen LogP contribution is -2.36. The Morgan fingerprint density at radius 3 is 2.33 bits per heavy atom. The fourth-order valence-electron chi connectivity index (χ4n) is 4.07. The summed E-state index contributed by atoms with van der Waals surface area (Å²) >= 11 is 1.72. The molecule has 1 aromatic heterocycles. The Bertz CT molecular complexity index is 1170. The molecule has 1 atom stereocenters. The third-order valence-electron chi connectivity index (χ3n) is 6.08. The maximum Gasteiger partial charge on any atom is 0.264 e. The summed E-state index contributed by atoms with van der Waals surface area (Å²) in [6, 6.07) is 17.8. The summed E-state index contributed by atoms with van der Waals surface area (Å²) in [6.07, 6.45) is 2.38. The predicted octanol–water partition coefficient (Wildman–Crippen LogP) is 4.45. The van der Waals surface area contributed by atoms with Crippen LogP contribution < -0.4 is 9.62 Å². The quantitative estimate of drug-likeness (QED) is 0.514. The smallest absolute Gasteiger partial charge is 0.264 e. The maximum atomic E-state index is 12.9. The Morgan fingerprint density at radius 1 is 1.06 bits per heavy atom. The highest BCUT2D eigenvalue weighted by molar-refractivity contribution is 7.92. The zero-order valence-electron chi connectivity index (χ0n) is 18.9. The summed E-state index contributed by atoms with van der Waals surface area (Å²) in [6.45, 7) is 4.56. The summed E-state index contributed by atoms with van der Waals surface area (Å²) in [5, 5.41) is 5.14. The van der Waals surface area contributed by atoms with Gasteiger partial charge in [0, 0.05) is 24.0 Å². The predicted molar refractivity (Wildman–Crippen MR) is 133 cm³/mol. The SMILES string of the molecule is Cc1ccc(S(=O)(=O)N(C)c2ccc(C(=O)NC[C@H](c3cccs3)N3CCCC3)cc2)cc1. The third-order valence-corrected chi connectivity index (χ3v) is 8.85. The molecule has 0 spiro atoms. The van der Waals surface area contributed by atoms with Gasteiger partial charge < -0.3 is 5.32 Å². The Hall–Kier alpha value is -2.68. The van der Waals surface area contributed by atoms with Crippen molar-refractivity contribution in [2.24, 2.45) is 0 Å². The average molecular weight is 484 g/mol. The van der Waals surface area contributed by atoms with E-state index in [2.05, 4.69) is 21.7 Å². The van der Waals surface area contributed by atoms with Gasteiger partial charge in [0.25, 0.3) is 15.9 Å². The van der Waals surface area contributed by atoms with E-state index in [-0.39, 0.29) is 16.8 Å². The van der Waals surface area contributed by atoms with Gasteiger partial charge in [0.15, 0.2) is 0 Å². The first-order valence-corrected chi connectivity index (χ1v) is 13.4. The number of rotatable bonds is 8. The van der Waals surface area contributed by atoms with E-state index in [1.165, 1.54) is 29.1 Å². The number of nitrogens with one attached hydrogen (secondary N) is 1. The molecule has 8 heteroatoms. The van der Waals surface area contributed by atoms with Crippen LogP contribution in [-0.2, 0) is 10.0 Å². The van der Waals surface area contributed by atoms with Gasteiger partial charge in [-0.3, -0.25) is 14.0 Å². The minimum absolute atomic E-state index is 0.161. The number of sulfonamides is 1. The lowest BCUT2D eigenvalue weighted by atomic mass is 10.1. The van der Waals surface area contributed by atoms with Crippen molar-refractivity contribution in [2.75, 3.05) is 31.0 Å². The molecule has 6 nitrogen and oxygen atoms in total. The first kappa shape index (κ1) is 23.5. The van der Waals surface area contributed by atoms with Crippen LogP contribution in [-0.4, -0.2) is 45.9 Å². The van der Waals surface area contributed by atoms with Crippen molar-refractivity contribution in [2.45, 2.75) is 30.7 Å². The van der Waals surface area contributed by atoms with Gasteiger partial charge >= 0.3 is 0 Å². The van der Waals surface area contributed by atoms with Crippen LogP contribution in [0.15, 0.2) is 70.9 Å². The Kier molecular flexibility index (Phi) is 7.17. The molecular weight excluding hydrogens is 454 g/mol. The van der Waals surface area contributed by atoms with Gasteiger partial charge in [0.05, 0.1) is 16.6 Å². The van der Waals surface area contributed by atoms with Gasteiger partial charge in [-0.05, 0) is 80.7 Å². The van der Waals surface area contributed by atoms with Crippen LogP contribution in [0.5, 0.6) is 0 Å². The number of hydrogen-bond acceptors (Lipinski definition) is 5. The van der Waals surface area contributed by atoms with Gasteiger partial charge in [-0.2, -0.15) is 0 Å². The summed E-state index contributed by atoms with van der Waals surface area (Å²) in [4.78, 5) is 16.7. The molecule has 0 unspecified atom stereocenters. The van der Waals surface area contributed by atoms with Crippen molar-refractivity contribution < 1.29 is 13.2 Å². The van der Waals surface area contributed by atoms with Crippen molar-refractivity contribution in [3.63, 3.8) is 0 Å². The van der Waals surface area contributed by atoms with Gasteiger partial charge in [-0.25, -0.2) is 8.42 Å². The van der Waals surface area contributed by atoms with E-state index in [4.69, 9.17) is 0 Å². The number of thiophene rings is 1. The fourth-order valence-corrected chi connectivity index (χ4v) is 6.12. The molecule has 0 aliphatic carbocycles. The van der Waals surface area contributed by atoms with Crippen LogP contribution >= 0.6 is 11.3 Å². The topological polar surface area (TPSA) is 69.7 Å². The van der Waals surface area contributed by atoms with Crippen molar-refractivity contribution in [3.8, 4) is 0 Å². The van der Waals surface area contributed by atoms with E-state index in [0.717, 1.165) is 18.7 Å². The number of anilines is 1. The monoisotopic (exact) mass is 483 g/mol. The van der Waals surface area contributed by atoms with E-state index in [1.807, 2.05) is 13.0 Å². The van der Waals surface area contributed by atoms with Crippen molar-refractivity contribution in [1.29, 1.82) is 0 Å². The first-order valence-electron chi connectivity index (χ1n) is 11.1. The Balaban J connectivity index is 1.43. The highest BCUT2D eigenvalue weighted by Crippen LogP contribution is 2.28. The second kappa shape index (κ2) is 10.1. The number of nitrogens with zero attached hydrogens (tertiary/aromatic N) is 2. The molecule has 2 aromatic carbocycles. The second-order valence-electron chi connectivity index (χ2n) is 8.32. The van der Waals surface area contributed by atoms with Gasteiger partial charge in [-0.1, -0.05) is 23.8 Å². The molecule has 1 fully saturated rings. The molecule has 4 rings (SSSR count). The first-order chi connectivity index (χ1) is 15.9. The molecule has 2 heterocycles. The van der Waals surface area contributed by atoms with Gasteiger partial charge in [0.2, 0.25) is 0 Å². The van der Waals surface area contributed by atoms with Crippen LogP contribution in [0.3, 0.4) is 0 Å². The summed E-state index contributed by atoms with van der Waals surface area (Å²) in [7, 11) is -2.15. The third kappa shape index (κ3) is 5.29. The minimum atomic E-state index is -3.67. The molecule has 3 aromatic rings. The van der Waals surface area contributed by atoms with E-state index in [9.17, 15) is 13.2 Å². The molecule has 0 radical (unpaired) electrons. The van der Waals surface area contributed by atoms with Gasteiger partial charge in [-0.15, -0.1) is 11.3 Å². The number of amides is 1. The van der Waals surface area contributed by atoms with E-state index < -0.39 is 10.0 Å². The maximum absolute atomic E-state index is 12.9. The molecule has 1 aliphatic heterocycles. The lowest BCUT2D eigenvalue weighted by Gasteiger charge is -2.27. The molecule has 1 amide bonds. The zero-order valence-corrected chi connectivity index (χ0v) is 20.5. The van der Waals surface area contributed by atoms with Crippen molar-refractivity contribution >= 4 is 33.0 Å². The van der Waals surface area contributed by atoms with E-state index in [0.29, 0.717) is 17.8 Å². The number of likely N-dealkylation sites (tertiary alicyclic amines) is 1. The normalized spacial score (nSPS) is 15.3. The molecule has 33 heavy (non-hydrogen) atoms. The average Bonchev–Trinajstić information content (AvgIpc) is 3.54. The highest BCUT2D eigenvalue weighted by Gasteiger charge is 2.25. The Morgan fingerprint density at radius 2 is 1.73 bits per heavy atom. The number of aryl methyl sites for hydroxylation is 1. The summed E-state index contributed by atoms with van der Waals surface area (Å²) in [5.74, 6) is -0.161. The minimum Gasteiger partial charge on any atom is -0.350 e. The molecule has 1 N–H and O–H groups in total. The van der Waals surface area contributed by atoms with Crippen LogP contribution in [0.2, 0.25) is 0 Å². The molecule has 0 bridgehead atoms. The van der Waals surface area contributed by atoms with E-state index >= 15 is 0 Å². The van der Waals surface area contributed by atoms with Crippen molar-refractivity contribution in [3.05, 3.63) is 82.0 Å². The molecule has 0 saturated carbocycles. The van der Waals surface area contributed by atoms with Crippen LogP contribution in [0.1, 0.15) is 39.7 Å². The lowest BCUT2D eigenvalue weighted by molar-refractivity contribution is 0.0938. The zero-order chi connectivity index (χ0) is 23.4. The largest absolute Gasteiger partial charge is 0.350 e. The molecule has 174 valence electrons. The standard InChI is InChI=1S/C25H29N3O3S2/c1-19-7-13-22(14-8-19)33(30,31)27(2)21-11-9-20(10-12-21)25(29)26-18-23(24-6-5-17-32-24)28-15-3-4-16-28/h5-14,17,23H,3-4,15-16,18H2,1-2H3,(H,26,29)/t23-/m1/s1. The highest BCUT2D eigenvalue weighted by atomic mass is 32.2. The number of carbonyl (C=O) groups excluding carboxylic acids is 1. The second-order valence-corrected chi connectivity index (χ2v) is 11.3. The van der Waals surface area contributed by atoms with Crippen molar-refractivity contribution in [1.82, 2.24) is 10.2 Å². The number of hydrogen-bond donors (Lipinski definition) is 1. The summed E-state index contributed by atoms with van der Waals surface area (Å²) in [5.41, 5.74) is 2.00. The fraction of sp³-hybridized carbons (Fsp3) is 0.320. The van der Waals surface area contributed by atoms with E-state index in [1.54, 1.807) is 59.9 Å². The molecule has 1 aliphatic rings. The molecular formula is C25H29N3O3S2.